The van der Waals surface area contributed by atoms with Crippen LogP contribution in [0.25, 0.3) is 0 Å². The van der Waals surface area contributed by atoms with Crippen molar-refractivity contribution >= 4 is 35.4 Å². The van der Waals surface area contributed by atoms with Gasteiger partial charge >= 0.3 is 6.09 Å². The van der Waals surface area contributed by atoms with Crippen molar-refractivity contribution in [1.29, 1.82) is 0 Å². The molecule has 0 aliphatic carbocycles. The lowest BCUT2D eigenvalue weighted by Gasteiger charge is -2.36. The summed E-state index contributed by atoms with van der Waals surface area (Å²) in [6.07, 6.45) is -1.47. The first kappa shape index (κ1) is 33.2. The number of imide groups is 1. The summed E-state index contributed by atoms with van der Waals surface area (Å²) in [6, 6.07) is 30.6. The number of hydrogen-bond donors (Lipinski definition) is 2. The van der Waals surface area contributed by atoms with E-state index in [1.165, 1.54) is 0 Å². The molecule has 0 bridgehead atoms. The summed E-state index contributed by atoms with van der Waals surface area (Å²) in [5.41, 5.74) is 3.70. The van der Waals surface area contributed by atoms with Crippen molar-refractivity contribution in [3.05, 3.63) is 125 Å². The van der Waals surface area contributed by atoms with Crippen LogP contribution in [-0.2, 0) is 37.0 Å². The number of alkyl carbamates (subject to hydrolysis) is 1. The van der Waals surface area contributed by atoms with E-state index in [1.54, 1.807) is 43.1 Å². The number of para-hydroxylation sites is 1. The van der Waals surface area contributed by atoms with Crippen LogP contribution in [0.15, 0.2) is 108 Å². The standard InChI is InChI=1S/C37H36N2O8S/c1-44-31-9-5-6-10-33(31)48-23-29-19-32(26-13-11-24(21-40)12-14-26)47-36(46-29)27-15-17-28(18-16-27)39-34(41)20-30(35(39)42)38-37(43)45-22-25-7-3-2-4-8-25/h2-18,29-30,32,36,40H,19-23H2,1H3,(H,38,43)/t29-,30?,32+,36+/m1/s1. The molecule has 2 aliphatic heterocycles. The molecule has 2 heterocycles. The summed E-state index contributed by atoms with van der Waals surface area (Å²) in [7, 11) is 1.65. The SMILES string of the molecule is COc1ccccc1SC[C@H]1C[C@@H](c2ccc(CO)cc2)O[C@@H](c2ccc(N3C(=O)CC(NC(=O)OCc4ccccc4)C3=O)cc2)O1. The smallest absolute Gasteiger partial charge is 0.408 e. The first-order valence-corrected chi connectivity index (χ1v) is 16.6. The third-order valence-electron chi connectivity index (χ3n) is 8.18. The van der Waals surface area contributed by atoms with Crippen LogP contribution in [0, 0.1) is 0 Å². The highest BCUT2D eigenvalue weighted by Crippen LogP contribution is 2.41. The van der Waals surface area contributed by atoms with Gasteiger partial charge < -0.3 is 29.4 Å². The Morgan fingerprint density at radius 2 is 1.60 bits per heavy atom. The first-order valence-electron chi connectivity index (χ1n) is 15.6. The van der Waals surface area contributed by atoms with Gasteiger partial charge in [0.2, 0.25) is 5.91 Å². The Morgan fingerprint density at radius 1 is 0.896 bits per heavy atom. The fourth-order valence-electron chi connectivity index (χ4n) is 5.65. The Balaban J connectivity index is 1.13. The van der Waals surface area contributed by atoms with E-state index >= 15 is 0 Å². The van der Waals surface area contributed by atoms with Crippen molar-refractivity contribution < 1.29 is 38.4 Å². The Kier molecular flexibility index (Phi) is 10.7. The molecule has 6 rings (SSSR count). The van der Waals surface area contributed by atoms with Crippen LogP contribution in [-0.4, -0.2) is 48.0 Å². The van der Waals surface area contributed by atoms with Crippen LogP contribution in [0.5, 0.6) is 5.75 Å². The molecule has 4 aromatic rings. The molecule has 0 aromatic heterocycles. The normalized spacial score (nSPS) is 20.8. The summed E-state index contributed by atoms with van der Waals surface area (Å²) in [5, 5.41) is 12.0. The van der Waals surface area contributed by atoms with Crippen molar-refractivity contribution in [2.24, 2.45) is 0 Å². The fourth-order valence-corrected chi connectivity index (χ4v) is 6.70. The Morgan fingerprint density at radius 3 is 2.33 bits per heavy atom. The highest BCUT2D eigenvalue weighted by atomic mass is 32.2. The maximum atomic E-state index is 13.2. The predicted octanol–water partition coefficient (Wildman–Crippen LogP) is 6.08. The molecular weight excluding hydrogens is 632 g/mol. The van der Waals surface area contributed by atoms with Gasteiger partial charge in [0, 0.05) is 22.6 Å². The number of rotatable bonds is 11. The fraction of sp³-hybridized carbons (Fsp3) is 0.270. The number of ether oxygens (including phenoxy) is 4. The van der Waals surface area contributed by atoms with Gasteiger partial charge in [-0.15, -0.1) is 11.8 Å². The van der Waals surface area contributed by atoms with Crippen LogP contribution in [0.3, 0.4) is 0 Å². The van der Waals surface area contributed by atoms with E-state index in [0.717, 1.165) is 37.8 Å². The van der Waals surface area contributed by atoms with Crippen LogP contribution in [0.4, 0.5) is 10.5 Å². The lowest BCUT2D eigenvalue weighted by molar-refractivity contribution is -0.245. The van der Waals surface area contributed by atoms with E-state index in [9.17, 15) is 19.5 Å². The van der Waals surface area contributed by atoms with Crippen molar-refractivity contribution in [3.63, 3.8) is 0 Å². The zero-order valence-corrected chi connectivity index (χ0v) is 27.1. The molecule has 0 saturated carbocycles. The molecular formula is C37H36N2O8S. The third-order valence-corrected chi connectivity index (χ3v) is 9.37. The number of carbonyl (C=O) groups excluding carboxylic acids is 3. The van der Waals surface area contributed by atoms with Crippen molar-refractivity contribution in [2.75, 3.05) is 17.8 Å². The lowest BCUT2D eigenvalue weighted by Crippen LogP contribution is -2.42. The van der Waals surface area contributed by atoms with Crippen LogP contribution in [0.2, 0.25) is 0 Å². The highest BCUT2D eigenvalue weighted by Gasteiger charge is 2.41. The Labute approximate surface area is 283 Å². The van der Waals surface area contributed by atoms with Gasteiger partial charge in [-0.1, -0.05) is 78.9 Å². The summed E-state index contributed by atoms with van der Waals surface area (Å²) in [4.78, 5) is 40.6. The number of aliphatic hydroxyl groups is 1. The summed E-state index contributed by atoms with van der Waals surface area (Å²) in [5.74, 6) is 0.494. The average molecular weight is 669 g/mol. The highest BCUT2D eigenvalue weighted by molar-refractivity contribution is 7.99. The summed E-state index contributed by atoms with van der Waals surface area (Å²) >= 11 is 1.65. The molecule has 3 amide bonds. The second-order valence-electron chi connectivity index (χ2n) is 11.4. The molecule has 11 heteroatoms. The third kappa shape index (κ3) is 7.88. The van der Waals surface area contributed by atoms with Gasteiger partial charge in [-0.2, -0.15) is 0 Å². The number of carbonyl (C=O) groups is 3. The number of methoxy groups -OCH3 is 1. The second kappa shape index (κ2) is 15.5. The molecule has 2 saturated heterocycles. The molecule has 0 radical (unpaired) electrons. The molecule has 2 aliphatic rings. The molecule has 48 heavy (non-hydrogen) atoms. The van der Waals surface area contributed by atoms with E-state index in [-0.39, 0.29) is 31.8 Å². The minimum absolute atomic E-state index is 0.0424. The molecule has 248 valence electrons. The number of aliphatic hydroxyl groups excluding tert-OH is 1. The minimum Gasteiger partial charge on any atom is -0.496 e. The maximum Gasteiger partial charge on any atom is 0.408 e. The Hall–Kier alpha value is -4.68. The van der Waals surface area contributed by atoms with Gasteiger partial charge in [-0.05, 0) is 41.0 Å². The van der Waals surface area contributed by atoms with Crippen molar-refractivity contribution in [2.45, 2.75) is 55.5 Å². The zero-order valence-electron chi connectivity index (χ0n) is 26.3. The zero-order chi connectivity index (χ0) is 33.5. The van der Waals surface area contributed by atoms with Gasteiger partial charge in [0.1, 0.15) is 18.4 Å². The number of benzene rings is 4. The van der Waals surface area contributed by atoms with E-state index < -0.39 is 30.2 Å². The molecule has 2 fully saturated rings. The molecule has 4 atom stereocenters. The number of nitrogens with one attached hydrogen (secondary N) is 1. The molecule has 4 aromatic carbocycles. The van der Waals surface area contributed by atoms with E-state index in [4.69, 9.17) is 18.9 Å². The van der Waals surface area contributed by atoms with Gasteiger partial charge in [0.05, 0.1) is 38.0 Å². The van der Waals surface area contributed by atoms with E-state index in [1.807, 2.05) is 78.9 Å². The Bertz CT molecular complexity index is 1720. The van der Waals surface area contributed by atoms with Crippen molar-refractivity contribution in [3.8, 4) is 5.75 Å². The quantitative estimate of drug-likeness (QED) is 0.145. The number of hydrogen-bond acceptors (Lipinski definition) is 9. The van der Waals surface area contributed by atoms with Gasteiger partial charge in [-0.25, -0.2) is 9.69 Å². The first-order chi connectivity index (χ1) is 23.4. The predicted molar refractivity (Wildman–Crippen MR) is 179 cm³/mol. The van der Waals surface area contributed by atoms with Gasteiger partial charge in [0.25, 0.3) is 5.91 Å². The average Bonchev–Trinajstić information content (AvgIpc) is 3.41. The van der Waals surface area contributed by atoms with Crippen molar-refractivity contribution in [1.82, 2.24) is 5.32 Å². The molecule has 1 unspecified atom stereocenters. The van der Waals surface area contributed by atoms with E-state index in [0.29, 0.717) is 17.9 Å². The van der Waals surface area contributed by atoms with Gasteiger partial charge in [-0.3, -0.25) is 9.59 Å². The topological polar surface area (TPSA) is 124 Å². The van der Waals surface area contributed by atoms with Crippen LogP contribution < -0.4 is 15.0 Å². The number of anilines is 1. The number of nitrogens with zero attached hydrogens (tertiary/aromatic N) is 1. The van der Waals surface area contributed by atoms with Crippen LogP contribution >= 0.6 is 11.8 Å². The molecule has 10 nitrogen and oxygen atoms in total. The molecule has 2 N–H and O–H groups in total. The monoisotopic (exact) mass is 668 g/mol. The summed E-state index contributed by atoms with van der Waals surface area (Å²) < 4.78 is 23.7. The number of thioether (sulfide) groups is 1. The number of amides is 3. The van der Waals surface area contributed by atoms with Gasteiger partial charge in [0.15, 0.2) is 6.29 Å². The maximum absolute atomic E-state index is 13.2. The van der Waals surface area contributed by atoms with Crippen LogP contribution in [0.1, 0.15) is 47.5 Å². The van der Waals surface area contributed by atoms with E-state index in [2.05, 4.69) is 5.32 Å². The largest absolute Gasteiger partial charge is 0.496 e. The summed E-state index contributed by atoms with van der Waals surface area (Å²) in [6.45, 7) is 0.00603. The minimum atomic E-state index is -1.02. The lowest BCUT2D eigenvalue weighted by atomic mass is 10.0. The molecule has 0 spiro atoms. The second-order valence-corrected chi connectivity index (χ2v) is 12.5.